The second kappa shape index (κ2) is 7.36. The second-order valence-electron chi connectivity index (χ2n) is 5.19. The standard InChI is InChI=1S/C16H19N3O3S/c1-12-7-9-14(10-8-12)23(21,22)19-15(16(20)18-17)11-13-5-3-2-4-6-13/h2-10,15,19H,11,17H2,1H3,(H,18,20)/t15-/m1/s1. The number of hydrogen-bond acceptors (Lipinski definition) is 4. The lowest BCUT2D eigenvalue weighted by atomic mass is 10.1. The zero-order valence-corrected chi connectivity index (χ0v) is 13.5. The molecule has 23 heavy (non-hydrogen) atoms. The fraction of sp³-hybridized carbons (Fsp3) is 0.188. The van der Waals surface area contributed by atoms with Crippen LogP contribution in [0.25, 0.3) is 0 Å². The number of nitrogens with one attached hydrogen (secondary N) is 2. The first-order chi connectivity index (χ1) is 10.9. The third-order valence-electron chi connectivity index (χ3n) is 3.37. The third kappa shape index (κ3) is 4.62. The third-order valence-corrected chi connectivity index (χ3v) is 4.86. The Labute approximate surface area is 135 Å². The maximum absolute atomic E-state index is 12.4. The van der Waals surface area contributed by atoms with Crippen LogP contribution in [-0.2, 0) is 21.2 Å². The van der Waals surface area contributed by atoms with Gasteiger partial charge in [0.2, 0.25) is 10.0 Å². The molecule has 0 radical (unpaired) electrons. The van der Waals surface area contributed by atoms with E-state index in [9.17, 15) is 13.2 Å². The minimum atomic E-state index is -3.82. The summed E-state index contributed by atoms with van der Waals surface area (Å²) >= 11 is 0. The first-order valence-electron chi connectivity index (χ1n) is 7.06. The molecule has 1 atom stereocenters. The van der Waals surface area contributed by atoms with E-state index in [-0.39, 0.29) is 11.3 Å². The van der Waals surface area contributed by atoms with Crippen molar-refractivity contribution in [3.05, 3.63) is 65.7 Å². The molecule has 0 saturated carbocycles. The van der Waals surface area contributed by atoms with Gasteiger partial charge in [-0.25, -0.2) is 14.3 Å². The van der Waals surface area contributed by atoms with E-state index >= 15 is 0 Å². The van der Waals surface area contributed by atoms with Crippen LogP contribution in [0.15, 0.2) is 59.5 Å². The Bertz CT molecular complexity index is 759. The molecule has 0 aliphatic rings. The maximum Gasteiger partial charge on any atom is 0.252 e. The highest BCUT2D eigenvalue weighted by molar-refractivity contribution is 7.89. The molecule has 0 saturated heterocycles. The number of carbonyl (C=O) groups excluding carboxylic acids is 1. The first kappa shape index (κ1) is 17.1. The van der Waals surface area contributed by atoms with Crippen LogP contribution in [0.5, 0.6) is 0 Å². The van der Waals surface area contributed by atoms with Gasteiger partial charge in [-0.05, 0) is 31.0 Å². The molecule has 6 nitrogen and oxygen atoms in total. The lowest BCUT2D eigenvalue weighted by molar-refractivity contribution is -0.122. The van der Waals surface area contributed by atoms with E-state index in [2.05, 4.69) is 4.72 Å². The van der Waals surface area contributed by atoms with Crippen LogP contribution in [0.4, 0.5) is 0 Å². The molecule has 2 aromatic carbocycles. The van der Waals surface area contributed by atoms with E-state index < -0.39 is 22.0 Å². The summed E-state index contributed by atoms with van der Waals surface area (Å²) in [5.41, 5.74) is 3.78. The van der Waals surface area contributed by atoms with E-state index in [1.165, 1.54) is 12.1 Å². The van der Waals surface area contributed by atoms with Crippen LogP contribution in [0.1, 0.15) is 11.1 Å². The smallest absolute Gasteiger partial charge is 0.252 e. The summed E-state index contributed by atoms with van der Waals surface area (Å²) in [6.45, 7) is 1.86. The minimum Gasteiger partial charge on any atom is -0.293 e. The summed E-state index contributed by atoms with van der Waals surface area (Å²) < 4.78 is 27.3. The van der Waals surface area contributed by atoms with E-state index in [1.54, 1.807) is 12.1 Å². The fourth-order valence-corrected chi connectivity index (χ4v) is 3.31. The van der Waals surface area contributed by atoms with Gasteiger partial charge in [-0.1, -0.05) is 48.0 Å². The summed E-state index contributed by atoms with van der Waals surface area (Å²) in [6, 6.07) is 14.5. The molecule has 122 valence electrons. The van der Waals surface area contributed by atoms with Gasteiger partial charge in [0.15, 0.2) is 0 Å². The van der Waals surface area contributed by atoms with Crippen LogP contribution in [0.3, 0.4) is 0 Å². The number of carbonyl (C=O) groups is 1. The van der Waals surface area contributed by atoms with Gasteiger partial charge in [0, 0.05) is 0 Å². The van der Waals surface area contributed by atoms with Gasteiger partial charge in [0.1, 0.15) is 6.04 Å². The molecular formula is C16H19N3O3S. The van der Waals surface area contributed by atoms with Crippen LogP contribution in [-0.4, -0.2) is 20.4 Å². The van der Waals surface area contributed by atoms with Gasteiger partial charge in [-0.3, -0.25) is 10.2 Å². The molecule has 0 heterocycles. The molecule has 0 fully saturated rings. The molecule has 1 amide bonds. The molecule has 4 N–H and O–H groups in total. The van der Waals surface area contributed by atoms with Crippen LogP contribution in [0, 0.1) is 6.92 Å². The van der Waals surface area contributed by atoms with Crippen LogP contribution < -0.4 is 16.0 Å². The highest BCUT2D eigenvalue weighted by Crippen LogP contribution is 2.12. The Morgan fingerprint density at radius 2 is 1.70 bits per heavy atom. The molecule has 0 aliphatic heterocycles. The van der Waals surface area contributed by atoms with Crippen molar-refractivity contribution < 1.29 is 13.2 Å². The van der Waals surface area contributed by atoms with E-state index in [1.807, 2.05) is 42.7 Å². The van der Waals surface area contributed by atoms with Crippen molar-refractivity contribution in [2.45, 2.75) is 24.3 Å². The summed E-state index contributed by atoms with van der Waals surface area (Å²) in [6.07, 6.45) is 0.203. The van der Waals surface area contributed by atoms with E-state index in [0.717, 1.165) is 11.1 Å². The minimum absolute atomic E-state index is 0.103. The maximum atomic E-state index is 12.4. The highest BCUT2D eigenvalue weighted by atomic mass is 32.2. The Morgan fingerprint density at radius 1 is 1.09 bits per heavy atom. The normalized spacial score (nSPS) is 12.6. The zero-order valence-electron chi connectivity index (χ0n) is 12.7. The van der Waals surface area contributed by atoms with Gasteiger partial charge in [-0.15, -0.1) is 0 Å². The number of hydrazine groups is 1. The van der Waals surface area contributed by atoms with Gasteiger partial charge < -0.3 is 0 Å². The van der Waals surface area contributed by atoms with Crippen molar-refractivity contribution in [2.24, 2.45) is 5.84 Å². The van der Waals surface area contributed by atoms with Gasteiger partial charge in [-0.2, -0.15) is 4.72 Å². The summed E-state index contributed by atoms with van der Waals surface area (Å²) in [4.78, 5) is 12.0. The molecule has 7 heteroatoms. The largest absolute Gasteiger partial charge is 0.293 e. The number of rotatable bonds is 6. The Hall–Kier alpha value is -2.22. The van der Waals surface area contributed by atoms with Gasteiger partial charge >= 0.3 is 0 Å². The SMILES string of the molecule is Cc1ccc(S(=O)(=O)N[C@H](Cc2ccccc2)C(=O)NN)cc1. The van der Waals surface area contributed by atoms with Crippen LogP contribution >= 0.6 is 0 Å². The molecule has 2 aromatic rings. The quantitative estimate of drug-likeness (QED) is 0.415. The predicted molar refractivity (Wildman–Crippen MR) is 87.8 cm³/mol. The lowest BCUT2D eigenvalue weighted by Crippen LogP contribution is -2.49. The molecular weight excluding hydrogens is 314 g/mol. The van der Waals surface area contributed by atoms with Crippen molar-refractivity contribution in [2.75, 3.05) is 0 Å². The average Bonchev–Trinajstić information content (AvgIpc) is 2.54. The molecule has 0 bridgehead atoms. The summed E-state index contributed by atoms with van der Waals surface area (Å²) in [5.74, 6) is 4.58. The number of aryl methyl sites for hydroxylation is 1. The average molecular weight is 333 g/mol. The predicted octanol–water partition coefficient (Wildman–Crippen LogP) is 0.875. The number of hydrogen-bond donors (Lipinski definition) is 3. The summed E-state index contributed by atoms with van der Waals surface area (Å²) in [5, 5.41) is 0. The summed E-state index contributed by atoms with van der Waals surface area (Å²) in [7, 11) is -3.82. The van der Waals surface area contributed by atoms with E-state index in [4.69, 9.17) is 5.84 Å². The first-order valence-corrected chi connectivity index (χ1v) is 8.54. The number of sulfonamides is 1. The molecule has 0 aromatic heterocycles. The highest BCUT2D eigenvalue weighted by Gasteiger charge is 2.25. The van der Waals surface area contributed by atoms with Crippen molar-refractivity contribution in [1.82, 2.24) is 10.1 Å². The Balaban J connectivity index is 2.23. The molecule has 0 unspecified atom stereocenters. The number of nitrogens with two attached hydrogens (primary N) is 1. The monoisotopic (exact) mass is 333 g/mol. The van der Waals surface area contributed by atoms with Gasteiger partial charge in [0.05, 0.1) is 4.90 Å². The van der Waals surface area contributed by atoms with Crippen molar-refractivity contribution in [1.29, 1.82) is 0 Å². The van der Waals surface area contributed by atoms with Gasteiger partial charge in [0.25, 0.3) is 5.91 Å². The zero-order chi connectivity index (χ0) is 16.9. The topological polar surface area (TPSA) is 101 Å². The fourth-order valence-electron chi connectivity index (χ4n) is 2.11. The molecule has 0 aliphatic carbocycles. The lowest BCUT2D eigenvalue weighted by Gasteiger charge is -2.17. The van der Waals surface area contributed by atoms with Crippen molar-refractivity contribution >= 4 is 15.9 Å². The Kier molecular flexibility index (Phi) is 5.49. The second-order valence-corrected chi connectivity index (χ2v) is 6.90. The molecule has 2 rings (SSSR count). The Morgan fingerprint density at radius 3 is 2.26 bits per heavy atom. The van der Waals surface area contributed by atoms with Crippen LogP contribution in [0.2, 0.25) is 0 Å². The number of benzene rings is 2. The van der Waals surface area contributed by atoms with Crippen molar-refractivity contribution in [3.63, 3.8) is 0 Å². The number of amides is 1. The van der Waals surface area contributed by atoms with E-state index in [0.29, 0.717) is 0 Å². The molecule has 0 spiro atoms. The van der Waals surface area contributed by atoms with Crippen molar-refractivity contribution in [3.8, 4) is 0 Å².